The molecule has 0 aliphatic carbocycles. The number of likely N-dealkylation sites (tertiary alicyclic amines) is 2. The van der Waals surface area contributed by atoms with Crippen LogP contribution in [0.25, 0.3) is 0 Å². The fraction of sp³-hybridized carbons (Fsp3) is 0.720. The topological polar surface area (TPSA) is 43.8 Å². The molecule has 0 aromatic heterocycles. The Bertz CT molecular complexity index is 795. The molecule has 174 valence electrons. The average molecular weight is 437 g/mol. The molecular weight excluding hydrogens is 398 g/mol. The van der Waals surface area contributed by atoms with Gasteiger partial charge in [0.15, 0.2) is 0 Å². The van der Waals surface area contributed by atoms with Crippen molar-refractivity contribution in [2.75, 3.05) is 26.2 Å². The van der Waals surface area contributed by atoms with Gasteiger partial charge in [-0.15, -0.1) is 0 Å². The molecule has 2 aliphatic rings. The summed E-state index contributed by atoms with van der Waals surface area (Å²) < 4.78 is 28.2. The van der Waals surface area contributed by atoms with Crippen molar-refractivity contribution in [2.24, 2.45) is 17.8 Å². The Morgan fingerprint density at radius 3 is 2.26 bits per heavy atom. The van der Waals surface area contributed by atoms with E-state index in [4.69, 9.17) is 0 Å². The van der Waals surface area contributed by atoms with Crippen LogP contribution in [0.4, 0.5) is 8.78 Å². The summed E-state index contributed by atoms with van der Waals surface area (Å²) in [6.07, 6.45) is 1.62. The summed E-state index contributed by atoms with van der Waals surface area (Å²) in [6, 6.07) is 3.67. The van der Waals surface area contributed by atoms with Gasteiger partial charge in [-0.3, -0.25) is 9.69 Å². The first-order valence-electron chi connectivity index (χ1n) is 11.6. The fourth-order valence-electron chi connectivity index (χ4n) is 5.56. The second-order valence-corrected chi connectivity index (χ2v) is 10.7. The number of benzene rings is 1. The molecule has 1 N–H and O–H groups in total. The lowest BCUT2D eigenvalue weighted by atomic mass is 9.72. The van der Waals surface area contributed by atoms with Gasteiger partial charge in [0, 0.05) is 55.5 Å². The number of hydrogen-bond acceptors (Lipinski definition) is 3. The quantitative estimate of drug-likeness (QED) is 0.760. The molecule has 0 radical (unpaired) electrons. The zero-order valence-electron chi connectivity index (χ0n) is 19.8. The SMILES string of the molecule is CCCC1(O)C(C)CN(C(=O)C2CN(C(C)(C)C)CC2c2ccc(F)cc2F)CC1C. The molecule has 3 rings (SSSR count). The smallest absolute Gasteiger partial charge is 0.227 e. The molecule has 1 amide bonds. The Morgan fingerprint density at radius 2 is 1.74 bits per heavy atom. The van der Waals surface area contributed by atoms with Crippen LogP contribution in [0.3, 0.4) is 0 Å². The molecule has 2 heterocycles. The van der Waals surface area contributed by atoms with Crippen LogP contribution in [0.1, 0.15) is 65.9 Å². The zero-order valence-corrected chi connectivity index (χ0v) is 19.8. The molecule has 4 atom stereocenters. The van der Waals surface area contributed by atoms with Gasteiger partial charge in [0.1, 0.15) is 11.6 Å². The summed E-state index contributed by atoms with van der Waals surface area (Å²) in [5.74, 6) is -1.95. The minimum absolute atomic E-state index is 0.0118. The summed E-state index contributed by atoms with van der Waals surface area (Å²) in [5, 5.41) is 11.2. The molecule has 6 heteroatoms. The second kappa shape index (κ2) is 8.78. The van der Waals surface area contributed by atoms with E-state index in [1.807, 2.05) is 18.7 Å². The van der Waals surface area contributed by atoms with E-state index in [9.17, 15) is 18.7 Å². The highest BCUT2D eigenvalue weighted by Gasteiger charge is 2.49. The highest BCUT2D eigenvalue weighted by Crippen LogP contribution is 2.41. The third-order valence-electron chi connectivity index (χ3n) is 7.61. The van der Waals surface area contributed by atoms with Gasteiger partial charge in [0.25, 0.3) is 0 Å². The van der Waals surface area contributed by atoms with Gasteiger partial charge >= 0.3 is 0 Å². The molecular formula is C25H38F2N2O2. The monoisotopic (exact) mass is 436 g/mol. The third-order valence-corrected chi connectivity index (χ3v) is 7.61. The van der Waals surface area contributed by atoms with E-state index in [0.29, 0.717) is 31.7 Å². The van der Waals surface area contributed by atoms with Crippen molar-refractivity contribution in [1.82, 2.24) is 9.80 Å². The summed E-state index contributed by atoms with van der Waals surface area (Å²) in [5.41, 5.74) is -0.513. The van der Waals surface area contributed by atoms with Crippen LogP contribution in [-0.2, 0) is 4.79 Å². The molecule has 4 nitrogen and oxygen atoms in total. The number of amides is 1. The molecule has 2 fully saturated rings. The highest BCUT2D eigenvalue weighted by atomic mass is 19.1. The lowest BCUT2D eigenvalue weighted by Gasteiger charge is -2.48. The minimum atomic E-state index is -0.763. The van der Waals surface area contributed by atoms with Crippen LogP contribution >= 0.6 is 0 Å². The number of hydrogen-bond donors (Lipinski definition) is 1. The van der Waals surface area contributed by atoms with Crippen molar-refractivity contribution < 1.29 is 18.7 Å². The maximum atomic E-state index is 14.7. The molecule has 2 saturated heterocycles. The Balaban J connectivity index is 1.88. The first-order valence-corrected chi connectivity index (χ1v) is 11.6. The molecule has 1 aromatic rings. The van der Waals surface area contributed by atoms with E-state index in [1.54, 1.807) is 0 Å². The van der Waals surface area contributed by atoms with Crippen LogP contribution in [0, 0.1) is 29.4 Å². The Hall–Kier alpha value is -1.53. The first-order chi connectivity index (χ1) is 14.4. The van der Waals surface area contributed by atoms with Gasteiger partial charge in [-0.25, -0.2) is 8.78 Å². The molecule has 0 bridgehead atoms. The summed E-state index contributed by atoms with van der Waals surface area (Å²) >= 11 is 0. The van der Waals surface area contributed by atoms with Gasteiger partial charge in [0.2, 0.25) is 5.91 Å². The summed E-state index contributed by atoms with van der Waals surface area (Å²) in [6.45, 7) is 14.5. The van der Waals surface area contributed by atoms with E-state index in [-0.39, 0.29) is 29.2 Å². The molecule has 4 unspecified atom stereocenters. The Morgan fingerprint density at radius 1 is 1.13 bits per heavy atom. The second-order valence-electron chi connectivity index (χ2n) is 10.7. The summed E-state index contributed by atoms with van der Waals surface area (Å²) in [7, 11) is 0. The van der Waals surface area contributed by atoms with Crippen LogP contribution in [-0.4, -0.2) is 58.1 Å². The Kier molecular flexibility index (Phi) is 6.83. The Labute approximate surface area is 185 Å². The van der Waals surface area contributed by atoms with Crippen molar-refractivity contribution in [3.8, 4) is 0 Å². The van der Waals surface area contributed by atoms with Gasteiger partial charge in [-0.05, 0) is 38.8 Å². The van der Waals surface area contributed by atoms with E-state index in [1.165, 1.54) is 12.1 Å². The number of nitrogens with zero attached hydrogens (tertiary/aromatic N) is 2. The van der Waals surface area contributed by atoms with Crippen LogP contribution in [0.2, 0.25) is 0 Å². The van der Waals surface area contributed by atoms with Crippen LogP contribution < -0.4 is 0 Å². The van der Waals surface area contributed by atoms with Crippen LogP contribution in [0.15, 0.2) is 18.2 Å². The number of aliphatic hydroxyl groups is 1. The van der Waals surface area contributed by atoms with Crippen molar-refractivity contribution in [2.45, 2.75) is 71.4 Å². The van der Waals surface area contributed by atoms with Crippen LogP contribution in [0.5, 0.6) is 0 Å². The number of carbonyl (C=O) groups is 1. The number of rotatable bonds is 4. The van der Waals surface area contributed by atoms with Crippen molar-refractivity contribution in [1.29, 1.82) is 0 Å². The van der Waals surface area contributed by atoms with Crippen molar-refractivity contribution in [3.63, 3.8) is 0 Å². The standard InChI is InChI=1S/C25H38F2N2O2/c1-7-10-25(31)16(2)12-28(13-17(25)3)23(30)21-15-29(24(4,5)6)14-20(21)19-9-8-18(26)11-22(19)27/h8-9,11,16-17,20-21,31H,7,10,12-15H2,1-6H3. The van der Waals surface area contributed by atoms with E-state index in [0.717, 1.165) is 18.9 Å². The maximum absolute atomic E-state index is 14.7. The van der Waals surface area contributed by atoms with E-state index in [2.05, 4.69) is 32.6 Å². The van der Waals surface area contributed by atoms with E-state index >= 15 is 0 Å². The lowest BCUT2D eigenvalue weighted by molar-refractivity contribution is -0.152. The van der Waals surface area contributed by atoms with Gasteiger partial charge in [-0.1, -0.05) is 33.3 Å². The molecule has 31 heavy (non-hydrogen) atoms. The van der Waals surface area contributed by atoms with Gasteiger partial charge < -0.3 is 10.0 Å². The molecule has 0 spiro atoms. The average Bonchev–Trinajstić information content (AvgIpc) is 3.11. The van der Waals surface area contributed by atoms with Crippen molar-refractivity contribution in [3.05, 3.63) is 35.4 Å². The summed E-state index contributed by atoms with van der Waals surface area (Å²) in [4.78, 5) is 17.8. The molecule has 1 aromatic carbocycles. The predicted molar refractivity (Wildman–Crippen MR) is 119 cm³/mol. The molecule has 0 saturated carbocycles. The minimum Gasteiger partial charge on any atom is -0.389 e. The molecule has 2 aliphatic heterocycles. The predicted octanol–water partition coefficient (Wildman–Crippen LogP) is 4.42. The third kappa shape index (κ3) is 4.65. The van der Waals surface area contributed by atoms with Gasteiger partial charge in [-0.2, -0.15) is 0 Å². The fourth-order valence-corrected chi connectivity index (χ4v) is 5.56. The highest BCUT2D eigenvalue weighted by molar-refractivity contribution is 5.81. The van der Waals surface area contributed by atoms with Crippen molar-refractivity contribution >= 4 is 5.91 Å². The zero-order chi connectivity index (χ0) is 23.1. The first kappa shape index (κ1) is 24.1. The lowest BCUT2D eigenvalue weighted by Crippen LogP contribution is -2.58. The largest absolute Gasteiger partial charge is 0.389 e. The number of piperidine rings is 1. The maximum Gasteiger partial charge on any atom is 0.227 e. The number of carbonyl (C=O) groups excluding carboxylic acids is 1. The normalized spacial score (nSPS) is 32.5. The number of halogens is 2. The van der Waals surface area contributed by atoms with E-state index < -0.39 is 23.2 Å². The van der Waals surface area contributed by atoms with Gasteiger partial charge in [0.05, 0.1) is 11.5 Å².